The third-order valence-corrected chi connectivity index (χ3v) is 14.3. The van der Waals surface area contributed by atoms with Crippen LogP contribution in [-0.4, -0.2) is 0 Å². The van der Waals surface area contributed by atoms with Crippen LogP contribution in [-0.2, 0) is 10.8 Å². The van der Waals surface area contributed by atoms with Crippen molar-refractivity contribution in [2.75, 3.05) is 9.80 Å². The van der Waals surface area contributed by atoms with Gasteiger partial charge in [-0.25, -0.2) is 4.39 Å². The van der Waals surface area contributed by atoms with Crippen molar-refractivity contribution in [1.82, 2.24) is 0 Å². The van der Waals surface area contributed by atoms with Gasteiger partial charge >= 0.3 is 0 Å². The summed E-state index contributed by atoms with van der Waals surface area (Å²) in [6, 6.07) is 69.5. The van der Waals surface area contributed by atoms with Gasteiger partial charge in [-0.05, 0) is 123 Å². The van der Waals surface area contributed by atoms with Crippen LogP contribution in [0.2, 0.25) is 0 Å². The first kappa shape index (κ1) is 38.0. The molecule has 0 saturated carbocycles. The molecular weight excluding hydrogens is 776 g/mol. The molecule has 0 N–H and O–H groups in total. The Bertz CT molecular complexity index is 3080. The van der Waals surface area contributed by atoms with Crippen LogP contribution >= 0.6 is 11.3 Å². The Morgan fingerprint density at radius 2 is 0.774 bits per heavy atom. The molecule has 11 rings (SSSR count). The number of para-hydroxylation sites is 3. The van der Waals surface area contributed by atoms with Crippen molar-refractivity contribution >= 4 is 45.5 Å². The summed E-state index contributed by atoms with van der Waals surface area (Å²) < 4.78 is 17.3. The molecule has 0 saturated heterocycles. The van der Waals surface area contributed by atoms with Gasteiger partial charge in [-0.15, -0.1) is 11.3 Å². The number of nitrogens with zero attached hydrogens (tertiary/aromatic N) is 2. The molecule has 2 aliphatic rings. The quantitative estimate of drug-likeness (QED) is 0.151. The lowest BCUT2D eigenvalue weighted by atomic mass is 9.74. The van der Waals surface area contributed by atoms with E-state index in [9.17, 15) is 0 Å². The minimum Gasteiger partial charge on any atom is -0.310 e. The fraction of sp³-hybridized carbons (Fsp3) is 0.103. The molecular formula is C58H45FN2S. The molecule has 2 nitrogen and oxygen atoms in total. The molecule has 0 bridgehead atoms. The van der Waals surface area contributed by atoms with Crippen LogP contribution in [0, 0.1) is 5.82 Å². The average Bonchev–Trinajstić information content (AvgIpc) is 3.89. The lowest BCUT2D eigenvalue weighted by Crippen LogP contribution is -2.23. The molecule has 0 aliphatic heterocycles. The number of fused-ring (bicyclic) bond motifs is 7. The predicted octanol–water partition coefficient (Wildman–Crippen LogP) is 16.8. The maximum absolute atomic E-state index is 17.3. The molecule has 1 heterocycles. The topological polar surface area (TPSA) is 6.48 Å². The first-order valence-corrected chi connectivity index (χ1v) is 22.2. The molecule has 0 amide bonds. The molecule has 300 valence electrons. The van der Waals surface area contributed by atoms with Crippen LogP contribution in [0.15, 0.2) is 200 Å². The molecule has 0 spiro atoms. The van der Waals surface area contributed by atoms with Crippen molar-refractivity contribution in [3.05, 3.63) is 228 Å². The number of anilines is 6. The van der Waals surface area contributed by atoms with Crippen LogP contribution in [0.25, 0.3) is 43.1 Å². The van der Waals surface area contributed by atoms with Crippen LogP contribution in [0.3, 0.4) is 0 Å². The molecule has 2 aliphatic carbocycles. The Labute approximate surface area is 367 Å². The monoisotopic (exact) mass is 820 g/mol. The van der Waals surface area contributed by atoms with E-state index < -0.39 is 0 Å². The number of benzene rings is 8. The maximum atomic E-state index is 17.3. The third kappa shape index (κ3) is 5.96. The van der Waals surface area contributed by atoms with E-state index in [1.165, 1.54) is 43.1 Å². The highest BCUT2D eigenvalue weighted by Gasteiger charge is 2.48. The van der Waals surface area contributed by atoms with Gasteiger partial charge in [-0.3, -0.25) is 0 Å². The maximum Gasteiger partial charge on any atom is 0.148 e. The summed E-state index contributed by atoms with van der Waals surface area (Å²) in [5.41, 5.74) is 16.8. The van der Waals surface area contributed by atoms with Gasteiger partial charge in [0.05, 0.1) is 5.69 Å². The summed E-state index contributed by atoms with van der Waals surface area (Å²) in [7, 11) is 0. The molecule has 0 radical (unpaired) electrons. The lowest BCUT2D eigenvalue weighted by Gasteiger charge is -2.31. The van der Waals surface area contributed by atoms with E-state index in [1.807, 2.05) is 78.1 Å². The number of hydrogen-bond donors (Lipinski definition) is 0. The molecule has 1 aromatic heterocycles. The van der Waals surface area contributed by atoms with Crippen LogP contribution < -0.4 is 9.80 Å². The second-order valence-electron chi connectivity index (χ2n) is 17.5. The van der Waals surface area contributed by atoms with Crippen LogP contribution in [0.5, 0.6) is 0 Å². The van der Waals surface area contributed by atoms with Gasteiger partial charge in [0.15, 0.2) is 0 Å². The van der Waals surface area contributed by atoms with Gasteiger partial charge in [0, 0.05) is 54.6 Å². The second-order valence-corrected chi connectivity index (χ2v) is 18.5. The molecule has 62 heavy (non-hydrogen) atoms. The van der Waals surface area contributed by atoms with E-state index in [4.69, 9.17) is 0 Å². The van der Waals surface area contributed by atoms with Crippen molar-refractivity contribution in [3.8, 4) is 43.1 Å². The third-order valence-electron chi connectivity index (χ3n) is 13.0. The number of halogens is 1. The highest BCUT2D eigenvalue weighted by Crippen LogP contribution is 2.64. The number of thiophene rings is 1. The Hall–Kier alpha value is -7.01. The average molecular weight is 821 g/mol. The Morgan fingerprint density at radius 3 is 1.24 bits per heavy atom. The summed E-state index contributed by atoms with van der Waals surface area (Å²) in [5, 5.41) is 0. The second kappa shape index (κ2) is 14.6. The summed E-state index contributed by atoms with van der Waals surface area (Å²) in [4.78, 5) is 7.18. The molecule has 4 heteroatoms. The minimum absolute atomic E-state index is 0.240. The Morgan fingerprint density at radius 1 is 0.371 bits per heavy atom. The smallest absolute Gasteiger partial charge is 0.148 e. The zero-order valence-corrected chi connectivity index (χ0v) is 36.0. The molecule has 8 aromatic carbocycles. The van der Waals surface area contributed by atoms with Crippen molar-refractivity contribution in [1.29, 1.82) is 0 Å². The number of hydrogen-bond acceptors (Lipinski definition) is 3. The lowest BCUT2D eigenvalue weighted by molar-refractivity contribution is 0.603. The Balaban J connectivity index is 1.04. The summed E-state index contributed by atoms with van der Waals surface area (Å²) in [6.07, 6.45) is 0. The van der Waals surface area contributed by atoms with Crippen LogP contribution in [0.1, 0.15) is 49.9 Å². The summed E-state index contributed by atoms with van der Waals surface area (Å²) >= 11 is 1.93. The molecule has 0 fully saturated rings. The first-order chi connectivity index (χ1) is 30.2. The molecule has 0 unspecified atom stereocenters. The molecule has 0 atom stereocenters. The van der Waals surface area contributed by atoms with Crippen molar-refractivity contribution < 1.29 is 4.39 Å². The van der Waals surface area contributed by atoms with Gasteiger partial charge in [-0.2, -0.15) is 0 Å². The largest absolute Gasteiger partial charge is 0.310 e. The van der Waals surface area contributed by atoms with E-state index in [0.29, 0.717) is 5.69 Å². The SMILES string of the molecule is CC1(C)c2cc(N(c3ccccc3)c3ccccc3)ccc2-c2sc3c(c21)C(C)(C)c1cc(N(c2ccccc2)c2c(F)cc(-c4ccccc4)cc2-c2ccccc2)ccc1-3. The predicted molar refractivity (Wildman–Crippen MR) is 260 cm³/mol. The van der Waals surface area contributed by atoms with Gasteiger partial charge in [-0.1, -0.05) is 155 Å². The zero-order valence-electron chi connectivity index (χ0n) is 35.2. The minimum atomic E-state index is -0.312. The van der Waals surface area contributed by atoms with E-state index in [1.54, 1.807) is 6.07 Å². The van der Waals surface area contributed by atoms with Gasteiger partial charge in [0.2, 0.25) is 0 Å². The number of rotatable bonds is 8. The van der Waals surface area contributed by atoms with E-state index in [-0.39, 0.29) is 16.6 Å². The summed E-state index contributed by atoms with van der Waals surface area (Å²) in [5.74, 6) is -0.275. The fourth-order valence-electron chi connectivity index (χ4n) is 10.1. The van der Waals surface area contributed by atoms with E-state index in [2.05, 4.69) is 165 Å². The first-order valence-electron chi connectivity index (χ1n) is 21.4. The highest BCUT2D eigenvalue weighted by atomic mass is 32.1. The molecule has 9 aromatic rings. The van der Waals surface area contributed by atoms with Crippen molar-refractivity contribution in [2.45, 2.75) is 38.5 Å². The van der Waals surface area contributed by atoms with Crippen molar-refractivity contribution in [3.63, 3.8) is 0 Å². The standard InChI is InChI=1S/C58H45FN2S/c1-57(2)49-36-44(60(41-24-14-7-15-25-41)42-26-16-8-17-27-42)30-32-46(49)55-52(57)53-56(62-55)47-33-31-45(37-50(47)58(53,3)4)61(43-28-18-9-19-29-43)54-48(39-22-12-6-13-23-39)34-40(35-51(54)59)38-20-10-5-11-21-38/h5-37H,1-4H3. The van der Waals surface area contributed by atoms with Gasteiger partial charge in [0.1, 0.15) is 5.82 Å². The Kier molecular flexibility index (Phi) is 8.92. The van der Waals surface area contributed by atoms with E-state index in [0.717, 1.165) is 50.7 Å². The normalized spacial score (nSPS) is 13.8. The summed E-state index contributed by atoms with van der Waals surface area (Å²) in [6.45, 7) is 9.56. The van der Waals surface area contributed by atoms with E-state index >= 15 is 4.39 Å². The van der Waals surface area contributed by atoms with Crippen LogP contribution in [0.4, 0.5) is 38.5 Å². The fourth-order valence-corrected chi connectivity index (χ4v) is 11.8. The van der Waals surface area contributed by atoms with Gasteiger partial charge in [0.25, 0.3) is 0 Å². The highest BCUT2D eigenvalue weighted by molar-refractivity contribution is 7.19. The zero-order chi connectivity index (χ0) is 42.2. The van der Waals surface area contributed by atoms with Crippen molar-refractivity contribution in [2.24, 2.45) is 0 Å². The van der Waals surface area contributed by atoms with Gasteiger partial charge < -0.3 is 9.80 Å².